The van der Waals surface area contributed by atoms with Gasteiger partial charge in [-0.25, -0.2) is 0 Å². The highest BCUT2D eigenvalue weighted by Gasteiger charge is 2.04. The van der Waals surface area contributed by atoms with E-state index in [1.807, 2.05) is 32.3 Å². The highest BCUT2D eigenvalue weighted by Crippen LogP contribution is 2.02. The summed E-state index contributed by atoms with van der Waals surface area (Å²) in [6.07, 6.45) is 3.72. The first kappa shape index (κ1) is 12.3. The van der Waals surface area contributed by atoms with E-state index in [9.17, 15) is 0 Å². The lowest BCUT2D eigenvalue weighted by Gasteiger charge is -2.20. The van der Waals surface area contributed by atoms with E-state index in [0.717, 1.165) is 18.3 Å². The van der Waals surface area contributed by atoms with Gasteiger partial charge in [-0.15, -0.1) is 4.99 Å². The van der Waals surface area contributed by atoms with Crippen molar-refractivity contribution in [2.45, 2.75) is 0 Å². The number of nitrogens with zero attached hydrogens (tertiary/aromatic N) is 4. The lowest BCUT2D eigenvalue weighted by Crippen LogP contribution is -2.31. The minimum absolute atomic E-state index is 0.768. The van der Waals surface area contributed by atoms with Crippen molar-refractivity contribution in [3.8, 4) is 6.19 Å². The molecular formula is C8H16N4S. The van der Waals surface area contributed by atoms with E-state index in [0.29, 0.717) is 0 Å². The molecule has 0 aliphatic carbocycles. The molecule has 0 bridgehead atoms. The average molecular weight is 200 g/mol. The third-order valence-corrected chi connectivity index (χ3v) is 2.31. The quantitative estimate of drug-likeness (QED) is 0.382. The average Bonchev–Trinajstić information content (AvgIpc) is 2.10. The molecule has 5 heteroatoms. The normalized spacial score (nSPS) is 11.5. The van der Waals surface area contributed by atoms with Crippen molar-refractivity contribution in [3.63, 3.8) is 0 Å². The maximum absolute atomic E-state index is 8.41. The van der Waals surface area contributed by atoms with Gasteiger partial charge in [0.25, 0.3) is 0 Å². The van der Waals surface area contributed by atoms with E-state index in [4.69, 9.17) is 5.26 Å². The highest BCUT2D eigenvalue weighted by atomic mass is 32.2. The van der Waals surface area contributed by atoms with Crippen LogP contribution in [0.2, 0.25) is 0 Å². The summed E-state index contributed by atoms with van der Waals surface area (Å²) >= 11 is 1.49. The topological polar surface area (TPSA) is 42.6 Å². The lowest BCUT2D eigenvalue weighted by molar-refractivity contribution is 0.359. The number of rotatable bonds is 3. The van der Waals surface area contributed by atoms with Crippen LogP contribution in [0.15, 0.2) is 4.99 Å². The molecule has 0 radical (unpaired) electrons. The summed E-state index contributed by atoms with van der Waals surface area (Å²) in [5, 5.41) is 9.17. The molecule has 0 fully saturated rings. The molecule has 13 heavy (non-hydrogen) atoms. The summed E-state index contributed by atoms with van der Waals surface area (Å²) in [6, 6.07) is 0. The summed E-state index contributed by atoms with van der Waals surface area (Å²) in [6.45, 7) is 1.84. The van der Waals surface area contributed by atoms with Crippen molar-refractivity contribution in [2.75, 3.05) is 40.5 Å². The summed E-state index contributed by atoms with van der Waals surface area (Å²) in [5.41, 5.74) is 0. The van der Waals surface area contributed by atoms with E-state index in [-0.39, 0.29) is 0 Å². The summed E-state index contributed by atoms with van der Waals surface area (Å²) in [7, 11) is 5.98. The Balaban J connectivity index is 4.01. The summed E-state index contributed by atoms with van der Waals surface area (Å²) < 4.78 is 0. The van der Waals surface area contributed by atoms with Gasteiger partial charge in [-0.3, -0.25) is 0 Å². The van der Waals surface area contributed by atoms with Gasteiger partial charge in [0.05, 0.1) is 0 Å². The van der Waals surface area contributed by atoms with E-state index < -0.39 is 0 Å². The summed E-state index contributed by atoms with van der Waals surface area (Å²) in [4.78, 5) is 7.79. The second kappa shape index (κ2) is 6.75. The molecule has 74 valence electrons. The number of likely N-dealkylation sites (N-methyl/N-ethyl adjacent to an activating group) is 2. The van der Waals surface area contributed by atoms with Gasteiger partial charge in [-0.1, -0.05) is 11.8 Å². The zero-order chi connectivity index (χ0) is 10.3. The second-order valence-electron chi connectivity index (χ2n) is 2.92. The monoisotopic (exact) mass is 200 g/mol. The van der Waals surface area contributed by atoms with Gasteiger partial charge in [0.2, 0.25) is 6.19 Å². The van der Waals surface area contributed by atoms with Crippen molar-refractivity contribution >= 4 is 16.9 Å². The maximum Gasteiger partial charge on any atom is 0.208 e. The fourth-order valence-electron chi connectivity index (χ4n) is 0.775. The lowest BCUT2D eigenvalue weighted by atomic mass is 10.5. The van der Waals surface area contributed by atoms with Gasteiger partial charge in [-0.05, 0) is 20.4 Å². The van der Waals surface area contributed by atoms with Gasteiger partial charge in [-0.2, -0.15) is 5.26 Å². The molecular weight excluding hydrogens is 184 g/mol. The first-order chi connectivity index (χ1) is 6.11. The fraction of sp³-hybridized carbons (Fsp3) is 0.750. The largest absolute Gasteiger partial charge is 0.352 e. The number of nitriles is 1. The molecule has 4 nitrogen and oxygen atoms in total. The zero-order valence-corrected chi connectivity index (χ0v) is 9.43. The molecule has 0 heterocycles. The Morgan fingerprint density at radius 2 is 2.00 bits per heavy atom. The van der Waals surface area contributed by atoms with Crippen molar-refractivity contribution in [3.05, 3.63) is 0 Å². The minimum Gasteiger partial charge on any atom is -0.352 e. The molecule has 0 aliphatic heterocycles. The van der Waals surface area contributed by atoms with Gasteiger partial charge >= 0.3 is 0 Å². The van der Waals surface area contributed by atoms with Crippen LogP contribution in [0, 0.1) is 11.5 Å². The molecule has 0 unspecified atom stereocenters. The second-order valence-corrected chi connectivity index (χ2v) is 3.70. The Hall–Kier alpha value is -0.730. The van der Waals surface area contributed by atoms with Gasteiger partial charge < -0.3 is 9.80 Å². The molecule has 0 aromatic rings. The molecule has 0 saturated heterocycles. The van der Waals surface area contributed by atoms with Gasteiger partial charge in [0.1, 0.15) is 0 Å². The first-order valence-electron chi connectivity index (χ1n) is 3.98. The van der Waals surface area contributed by atoms with Crippen LogP contribution < -0.4 is 0 Å². The molecule has 0 aromatic heterocycles. The molecule has 0 saturated carbocycles. The Bertz CT molecular complexity index is 207. The van der Waals surface area contributed by atoms with Crippen LogP contribution in [0.1, 0.15) is 0 Å². The minimum atomic E-state index is 0.768. The Morgan fingerprint density at radius 1 is 1.38 bits per heavy atom. The Kier molecular flexibility index (Phi) is 6.37. The molecule has 0 amide bonds. The van der Waals surface area contributed by atoms with Crippen molar-refractivity contribution in [2.24, 2.45) is 4.99 Å². The van der Waals surface area contributed by atoms with Crippen molar-refractivity contribution < 1.29 is 0 Å². The van der Waals surface area contributed by atoms with Gasteiger partial charge in [0, 0.05) is 20.1 Å². The smallest absolute Gasteiger partial charge is 0.208 e. The van der Waals surface area contributed by atoms with Crippen LogP contribution in [0.5, 0.6) is 0 Å². The first-order valence-corrected chi connectivity index (χ1v) is 5.21. The number of thioether (sulfide) groups is 1. The predicted molar refractivity (Wildman–Crippen MR) is 57.7 cm³/mol. The van der Waals surface area contributed by atoms with Gasteiger partial charge in [0.15, 0.2) is 5.17 Å². The molecule has 0 atom stereocenters. The summed E-state index contributed by atoms with van der Waals surface area (Å²) in [5.74, 6) is 0. The fourth-order valence-corrected chi connectivity index (χ4v) is 1.31. The molecule has 0 aliphatic rings. The van der Waals surface area contributed by atoms with E-state index >= 15 is 0 Å². The molecule has 0 rings (SSSR count). The molecule has 0 spiro atoms. The number of hydrogen-bond donors (Lipinski definition) is 0. The predicted octanol–water partition coefficient (Wildman–Crippen LogP) is 0.680. The van der Waals surface area contributed by atoms with Crippen molar-refractivity contribution in [1.29, 1.82) is 5.26 Å². The van der Waals surface area contributed by atoms with E-state index in [1.54, 1.807) is 6.19 Å². The van der Waals surface area contributed by atoms with Crippen LogP contribution in [0.25, 0.3) is 0 Å². The van der Waals surface area contributed by atoms with Crippen LogP contribution in [0.4, 0.5) is 0 Å². The van der Waals surface area contributed by atoms with Crippen LogP contribution in [-0.4, -0.2) is 55.5 Å². The standard InChI is InChI=1S/C8H16N4S/c1-11(2)5-6-12(3)8(13-4)10-7-9/h5-6H2,1-4H3. The van der Waals surface area contributed by atoms with Crippen LogP contribution >= 0.6 is 11.8 Å². The number of amidine groups is 1. The highest BCUT2D eigenvalue weighted by molar-refractivity contribution is 8.13. The number of aliphatic imine (C=N–C) groups is 1. The zero-order valence-electron chi connectivity index (χ0n) is 8.61. The molecule has 0 N–H and O–H groups in total. The molecule has 0 aromatic carbocycles. The third kappa shape index (κ3) is 5.50. The SMILES string of the molecule is CSC(=NC#N)N(C)CCN(C)C. The van der Waals surface area contributed by atoms with E-state index in [2.05, 4.69) is 9.89 Å². The van der Waals surface area contributed by atoms with Crippen LogP contribution in [-0.2, 0) is 0 Å². The Morgan fingerprint density at radius 3 is 2.38 bits per heavy atom. The third-order valence-electron chi connectivity index (χ3n) is 1.54. The number of hydrogen-bond acceptors (Lipinski definition) is 4. The van der Waals surface area contributed by atoms with E-state index in [1.165, 1.54) is 11.8 Å². The van der Waals surface area contributed by atoms with Crippen LogP contribution in [0.3, 0.4) is 0 Å². The maximum atomic E-state index is 8.41. The van der Waals surface area contributed by atoms with Crippen molar-refractivity contribution in [1.82, 2.24) is 9.80 Å². The Labute approximate surface area is 84.2 Å².